The second-order valence-corrected chi connectivity index (χ2v) is 13.6. The molecule has 0 aromatic rings. The molecular weight excluding hydrogens is 364 g/mol. The molecule has 0 aliphatic rings. The Balaban J connectivity index is 3.73. The summed E-state index contributed by atoms with van der Waals surface area (Å²) in [4.78, 5) is 0. The lowest BCUT2D eigenvalue weighted by Gasteiger charge is -2.36. The monoisotopic (exact) mass is 404 g/mol. The van der Waals surface area contributed by atoms with Crippen molar-refractivity contribution in [1.82, 2.24) is 0 Å². The van der Waals surface area contributed by atoms with Crippen LogP contribution in [0.2, 0.25) is 18.1 Å². The van der Waals surface area contributed by atoms with Gasteiger partial charge in [-0.05, 0) is 67.5 Å². The smallest absolute Gasteiger partial charge is 0.191 e. The van der Waals surface area contributed by atoms with Crippen LogP contribution in [0.25, 0.3) is 0 Å². The third-order valence-corrected chi connectivity index (χ3v) is 9.73. The van der Waals surface area contributed by atoms with Gasteiger partial charge in [0.1, 0.15) is 12.2 Å². The van der Waals surface area contributed by atoms with Gasteiger partial charge in [-0.3, -0.25) is 0 Å². The Morgan fingerprint density at radius 3 is 1.82 bits per heavy atom. The molecule has 28 heavy (non-hydrogen) atoms. The molecule has 0 spiro atoms. The number of hydrogen-bond acceptors (Lipinski definition) is 3. The third-order valence-electron chi connectivity index (χ3n) is 5.19. The normalized spacial score (nSPS) is 13.3. The maximum absolute atomic E-state index is 9.82. The lowest BCUT2D eigenvalue weighted by molar-refractivity contribution is 0.217. The molecule has 0 radical (unpaired) electrons. The molecule has 0 fully saturated rings. The van der Waals surface area contributed by atoms with Crippen LogP contribution in [0.15, 0.2) is 0 Å². The molecule has 0 aromatic heterocycles. The van der Waals surface area contributed by atoms with Gasteiger partial charge in [0.25, 0.3) is 0 Å². The molecule has 0 aliphatic carbocycles. The molecule has 2 unspecified atom stereocenters. The zero-order chi connectivity index (χ0) is 21.5. The summed E-state index contributed by atoms with van der Waals surface area (Å²) in [7, 11) is -1.59. The molecule has 0 amide bonds. The minimum absolute atomic E-state index is 0.285. The number of aliphatic hydroxyl groups is 2. The average molecular weight is 405 g/mol. The van der Waals surface area contributed by atoms with E-state index in [2.05, 4.69) is 69.4 Å². The van der Waals surface area contributed by atoms with Crippen LogP contribution < -0.4 is 0 Å². The van der Waals surface area contributed by atoms with Gasteiger partial charge < -0.3 is 14.6 Å². The molecule has 0 bridgehead atoms. The maximum atomic E-state index is 9.82. The Bertz CT molecular complexity index is 599. The molecule has 158 valence electrons. The van der Waals surface area contributed by atoms with Gasteiger partial charge in [-0.15, -0.1) is 0 Å². The largest absolute Gasteiger partial charge is 0.417 e. The van der Waals surface area contributed by atoms with Gasteiger partial charge in [0, 0.05) is 6.61 Å². The van der Waals surface area contributed by atoms with Crippen LogP contribution in [0.5, 0.6) is 0 Å². The Morgan fingerprint density at radius 1 is 0.786 bits per heavy atom. The minimum Gasteiger partial charge on any atom is -0.417 e. The predicted molar refractivity (Wildman–Crippen MR) is 121 cm³/mol. The second-order valence-electron chi connectivity index (χ2n) is 8.75. The van der Waals surface area contributed by atoms with Gasteiger partial charge >= 0.3 is 0 Å². The van der Waals surface area contributed by atoms with Gasteiger partial charge in [0.05, 0.1) is 0 Å². The summed E-state index contributed by atoms with van der Waals surface area (Å²) < 4.78 is 6.19. The number of aliphatic hydroxyl groups excluding tert-OH is 2. The zero-order valence-electron chi connectivity index (χ0n) is 18.8. The van der Waals surface area contributed by atoms with Crippen molar-refractivity contribution >= 4 is 8.32 Å². The SMILES string of the molecule is CCC(O)C#CC#CC#CC(O)CCCCCCCCO[Si](C)(C)C(C)(C)C. The van der Waals surface area contributed by atoms with E-state index in [9.17, 15) is 10.2 Å². The van der Waals surface area contributed by atoms with Gasteiger partial charge in [-0.1, -0.05) is 65.2 Å². The number of hydrogen-bond donors (Lipinski definition) is 2. The minimum atomic E-state index is -1.59. The van der Waals surface area contributed by atoms with Crippen molar-refractivity contribution in [3.05, 3.63) is 0 Å². The highest BCUT2D eigenvalue weighted by atomic mass is 28.4. The van der Waals surface area contributed by atoms with Crippen LogP contribution in [-0.2, 0) is 4.43 Å². The second kappa shape index (κ2) is 14.7. The van der Waals surface area contributed by atoms with Gasteiger partial charge in [-0.25, -0.2) is 0 Å². The summed E-state index contributed by atoms with van der Waals surface area (Å²) in [5, 5.41) is 19.3. The van der Waals surface area contributed by atoms with E-state index in [0.29, 0.717) is 12.8 Å². The fraction of sp³-hybridized carbons (Fsp3) is 0.750. The first kappa shape index (κ1) is 26.8. The Kier molecular flexibility index (Phi) is 14.1. The summed E-state index contributed by atoms with van der Waals surface area (Å²) >= 11 is 0. The van der Waals surface area contributed by atoms with E-state index < -0.39 is 20.5 Å². The average Bonchev–Trinajstić information content (AvgIpc) is 2.61. The summed E-state index contributed by atoms with van der Waals surface area (Å²) in [6.45, 7) is 14.2. The van der Waals surface area contributed by atoms with E-state index in [1.807, 2.05) is 6.92 Å². The van der Waals surface area contributed by atoms with E-state index in [4.69, 9.17) is 4.43 Å². The summed E-state index contributed by atoms with van der Waals surface area (Å²) in [6, 6.07) is 0. The van der Waals surface area contributed by atoms with Gasteiger partial charge in [0.15, 0.2) is 8.32 Å². The van der Waals surface area contributed by atoms with Crippen LogP contribution >= 0.6 is 0 Å². The Labute approximate surface area is 174 Å². The molecule has 0 aliphatic heterocycles. The summed E-state index contributed by atoms with van der Waals surface area (Å²) in [5.41, 5.74) is 0. The van der Waals surface area contributed by atoms with E-state index in [-0.39, 0.29) is 5.04 Å². The van der Waals surface area contributed by atoms with E-state index in [1.165, 1.54) is 19.3 Å². The van der Waals surface area contributed by atoms with E-state index in [1.54, 1.807) is 0 Å². The highest BCUT2D eigenvalue weighted by Gasteiger charge is 2.36. The van der Waals surface area contributed by atoms with Crippen LogP contribution in [0.1, 0.15) is 79.1 Å². The molecule has 0 saturated heterocycles. The predicted octanol–water partition coefficient (Wildman–Crippen LogP) is 4.88. The van der Waals surface area contributed by atoms with Crippen LogP contribution in [0.4, 0.5) is 0 Å². The molecule has 0 rings (SSSR count). The first-order chi connectivity index (χ1) is 13.1. The van der Waals surface area contributed by atoms with E-state index >= 15 is 0 Å². The molecule has 0 saturated carbocycles. The summed E-state index contributed by atoms with van der Waals surface area (Å²) in [6.07, 6.45) is 6.87. The van der Waals surface area contributed by atoms with Crippen molar-refractivity contribution in [3.63, 3.8) is 0 Å². The lowest BCUT2D eigenvalue weighted by Crippen LogP contribution is -2.40. The molecule has 0 heterocycles. The number of rotatable bonds is 11. The standard InChI is InChI=1S/C24H40O3Si/c1-7-22(25)18-14-11-12-16-20-23(26)19-15-10-8-9-13-17-21-27-28(5,6)24(2,3)4/h22-23,25-26H,7-10,13,15,17,19,21H2,1-6H3. The quantitative estimate of drug-likeness (QED) is 0.293. The first-order valence-corrected chi connectivity index (χ1v) is 13.5. The van der Waals surface area contributed by atoms with Crippen LogP contribution in [0.3, 0.4) is 0 Å². The van der Waals surface area contributed by atoms with Crippen molar-refractivity contribution in [3.8, 4) is 35.5 Å². The van der Waals surface area contributed by atoms with Gasteiger partial charge in [-0.2, -0.15) is 0 Å². The van der Waals surface area contributed by atoms with Crippen molar-refractivity contribution in [2.75, 3.05) is 6.61 Å². The fourth-order valence-corrected chi connectivity index (χ4v) is 3.25. The maximum Gasteiger partial charge on any atom is 0.191 e. The van der Waals surface area contributed by atoms with Crippen molar-refractivity contribution in [2.45, 2.75) is 109 Å². The molecule has 3 nitrogen and oxygen atoms in total. The van der Waals surface area contributed by atoms with Crippen LogP contribution in [0, 0.1) is 35.5 Å². The molecule has 2 atom stereocenters. The highest BCUT2D eigenvalue weighted by Crippen LogP contribution is 2.36. The molecular formula is C24H40O3Si. The highest BCUT2D eigenvalue weighted by molar-refractivity contribution is 6.74. The third kappa shape index (κ3) is 13.9. The topological polar surface area (TPSA) is 49.7 Å². The first-order valence-electron chi connectivity index (χ1n) is 10.6. The summed E-state index contributed by atoms with van der Waals surface area (Å²) in [5.74, 6) is 15.6. The van der Waals surface area contributed by atoms with Gasteiger partial charge in [0.2, 0.25) is 0 Å². The van der Waals surface area contributed by atoms with E-state index in [0.717, 1.165) is 25.9 Å². The number of unbranched alkanes of at least 4 members (excludes halogenated alkanes) is 5. The molecule has 0 aromatic carbocycles. The fourth-order valence-electron chi connectivity index (χ4n) is 2.17. The molecule has 2 N–H and O–H groups in total. The van der Waals surface area contributed by atoms with Crippen LogP contribution in [-0.4, -0.2) is 37.3 Å². The van der Waals surface area contributed by atoms with Crippen molar-refractivity contribution < 1.29 is 14.6 Å². The Hall–Kier alpha value is -1.22. The van der Waals surface area contributed by atoms with Crippen molar-refractivity contribution in [2.24, 2.45) is 0 Å². The Morgan fingerprint density at radius 2 is 1.29 bits per heavy atom. The van der Waals surface area contributed by atoms with Crippen molar-refractivity contribution in [1.29, 1.82) is 0 Å². The zero-order valence-corrected chi connectivity index (χ0v) is 19.8. The molecule has 4 heteroatoms. The lowest BCUT2D eigenvalue weighted by atomic mass is 10.1.